The van der Waals surface area contributed by atoms with E-state index < -0.39 is 16.8 Å². The van der Waals surface area contributed by atoms with Crippen molar-refractivity contribution in [2.75, 3.05) is 26.4 Å². The van der Waals surface area contributed by atoms with E-state index in [0.29, 0.717) is 19.6 Å². The highest BCUT2D eigenvalue weighted by atomic mass is 16.6. The highest BCUT2D eigenvalue weighted by Gasteiger charge is 2.49. The molecule has 0 saturated carbocycles. The Bertz CT molecular complexity index is 748. The fourth-order valence-electron chi connectivity index (χ4n) is 5.48. The van der Waals surface area contributed by atoms with Crippen LogP contribution >= 0.6 is 0 Å². The van der Waals surface area contributed by atoms with E-state index in [2.05, 4.69) is 27.7 Å². The first-order valence-electron chi connectivity index (χ1n) is 12.5. The van der Waals surface area contributed by atoms with Crippen LogP contribution < -0.4 is 0 Å². The van der Waals surface area contributed by atoms with Crippen molar-refractivity contribution in [3.05, 3.63) is 0 Å². The summed E-state index contributed by atoms with van der Waals surface area (Å²) in [5, 5.41) is 8.97. The second kappa shape index (κ2) is 9.68. The van der Waals surface area contributed by atoms with Gasteiger partial charge in [0, 0.05) is 6.61 Å². The minimum absolute atomic E-state index is 0.0128. The molecular weight excluding hydrogens is 440 g/mol. The molecule has 4 heterocycles. The molecule has 4 fully saturated rings. The largest absolute Gasteiger partial charge is 0.481 e. The van der Waals surface area contributed by atoms with Crippen molar-refractivity contribution >= 4 is 11.9 Å². The van der Waals surface area contributed by atoms with Gasteiger partial charge in [-0.1, -0.05) is 27.7 Å². The van der Waals surface area contributed by atoms with Gasteiger partial charge in [0.15, 0.2) is 6.10 Å². The number of carbonyl (C=O) groups excluding carboxylic acids is 1. The molecule has 0 aliphatic carbocycles. The molecule has 0 amide bonds. The Morgan fingerprint density at radius 2 is 1.29 bits per heavy atom. The van der Waals surface area contributed by atoms with Gasteiger partial charge in [-0.15, -0.1) is 0 Å². The molecule has 8 heteroatoms. The molecule has 0 spiro atoms. The Hall–Kier alpha value is -1.22. The van der Waals surface area contributed by atoms with Gasteiger partial charge in [0.2, 0.25) is 0 Å². The zero-order valence-electron chi connectivity index (χ0n) is 22.1. The predicted molar refractivity (Wildman–Crippen MR) is 125 cm³/mol. The summed E-state index contributed by atoms with van der Waals surface area (Å²) in [6.45, 7) is 18.6. The monoisotopic (exact) mass is 484 g/mol. The number of epoxide rings is 2. The Kier molecular flexibility index (Phi) is 7.79. The van der Waals surface area contributed by atoms with Gasteiger partial charge < -0.3 is 28.8 Å². The number of rotatable bonds is 9. The van der Waals surface area contributed by atoms with Crippen molar-refractivity contribution in [3.63, 3.8) is 0 Å². The number of esters is 1. The van der Waals surface area contributed by atoms with Gasteiger partial charge in [0.1, 0.15) is 6.10 Å². The SMILES string of the molecule is CC(C)(CC(C)(C)C1CO1)C(=O)O.CC(C)(CC(C)(C)C1CO1)C(=O)O[C@@H]1CO[C@@H]2CCO[C@@H]21. The Balaban J connectivity index is 0.000000215. The van der Waals surface area contributed by atoms with Crippen molar-refractivity contribution in [1.82, 2.24) is 0 Å². The van der Waals surface area contributed by atoms with Gasteiger partial charge >= 0.3 is 11.9 Å². The zero-order valence-corrected chi connectivity index (χ0v) is 22.1. The third-order valence-electron chi connectivity index (χ3n) is 7.52. The number of carboxylic acid groups (broad SMARTS) is 1. The highest BCUT2D eigenvalue weighted by molar-refractivity contribution is 5.76. The lowest BCUT2D eigenvalue weighted by Gasteiger charge is -2.33. The second-order valence-electron chi connectivity index (χ2n) is 13.0. The standard InChI is InChI=1S/C16H26O5.C10H18O3/c1-15(2,12-8-20-12)9-16(3,4)14(17)21-11-7-19-10-5-6-18-13(10)11;1-9(2,7-5-13-7)6-10(3,4)8(11)12/h10-13H,5-9H2,1-4H3;7H,5-6H2,1-4H3,(H,11,12)/t10-,11-,12?,13+;/m1./s1. The Labute approximate surface area is 204 Å². The summed E-state index contributed by atoms with van der Waals surface area (Å²) in [4.78, 5) is 23.5. The number of carbonyl (C=O) groups is 2. The van der Waals surface area contributed by atoms with Crippen LogP contribution in [0.25, 0.3) is 0 Å². The van der Waals surface area contributed by atoms with E-state index in [1.165, 1.54) is 0 Å². The molecule has 0 radical (unpaired) electrons. The topological polar surface area (TPSA) is 107 Å². The van der Waals surface area contributed by atoms with E-state index in [1.54, 1.807) is 13.8 Å². The lowest BCUT2D eigenvalue weighted by Crippen LogP contribution is -2.39. The number of hydrogen-bond donors (Lipinski definition) is 1. The number of carboxylic acids is 1. The van der Waals surface area contributed by atoms with E-state index in [1.807, 2.05) is 13.8 Å². The van der Waals surface area contributed by atoms with E-state index in [-0.39, 0.29) is 47.3 Å². The van der Waals surface area contributed by atoms with Gasteiger partial charge in [0.25, 0.3) is 0 Å². The molecule has 5 atom stereocenters. The van der Waals surface area contributed by atoms with E-state index in [9.17, 15) is 9.59 Å². The quantitative estimate of drug-likeness (QED) is 0.389. The number of aliphatic carboxylic acids is 1. The molecule has 0 bridgehead atoms. The Morgan fingerprint density at radius 3 is 1.76 bits per heavy atom. The summed E-state index contributed by atoms with van der Waals surface area (Å²) in [6.07, 6.45) is 2.57. The molecule has 4 aliphatic heterocycles. The fraction of sp³-hybridized carbons (Fsp3) is 0.923. The van der Waals surface area contributed by atoms with Crippen LogP contribution in [0.5, 0.6) is 0 Å². The average Bonchev–Trinajstić information content (AvgIpc) is 3.59. The van der Waals surface area contributed by atoms with Crippen LogP contribution in [0.15, 0.2) is 0 Å². The Morgan fingerprint density at radius 1 is 0.794 bits per heavy atom. The van der Waals surface area contributed by atoms with Crippen molar-refractivity contribution < 1.29 is 38.4 Å². The van der Waals surface area contributed by atoms with Gasteiger partial charge in [-0.05, 0) is 57.8 Å². The van der Waals surface area contributed by atoms with Crippen molar-refractivity contribution in [3.8, 4) is 0 Å². The maximum Gasteiger partial charge on any atom is 0.311 e. The lowest BCUT2D eigenvalue weighted by molar-refractivity contribution is -0.166. The minimum Gasteiger partial charge on any atom is -0.481 e. The van der Waals surface area contributed by atoms with Gasteiger partial charge in [-0.25, -0.2) is 0 Å². The van der Waals surface area contributed by atoms with E-state index in [0.717, 1.165) is 26.1 Å². The summed E-state index contributed by atoms with van der Waals surface area (Å²) < 4.78 is 27.6. The normalized spacial score (nSPS) is 30.8. The van der Waals surface area contributed by atoms with Gasteiger partial charge in [-0.2, -0.15) is 0 Å². The molecule has 196 valence electrons. The lowest BCUT2D eigenvalue weighted by atomic mass is 9.73. The fourth-order valence-corrected chi connectivity index (χ4v) is 5.48. The molecule has 2 unspecified atom stereocenters. The summed E-state index contributed by atoms with van der Waals surface area (Å²) in [7, 11) is 0. The third-order valence-corrected chi connectivity index (χ3v) is 7.52. The van der Waals surface area contributed by atoms with Crippen molar-refractivity contribution in [2.24, 2.45) is 21.7 Å². The van der Waals surface area contributed by atoms with Crippen LogP contribution in [0.1, 0.15) is 74.7 Å². The highest BCUT2D eigenvalue weighted by Crippen LogP contribution is 2.43. The molecule has 0 aromatic rings. The van der Waals surface area contributed by atoms with Crippen LogP contribution in [-0.2, 0) is 33.3 Å². The van der Waals surface area contributed by atoms with Crippen LogP contribution in [-0.4, -0.2) is 74.0 Å². The van der Waals surface area contributed by atoms with Crippen LogP contribution in [0.2, 0.25) is 0 Å². The summed E-state index contributed by atoms with van der Waals surface area (Å²) in [5.41, 5.74) is -1.23. The molecule has 0 aromatic carbocycles. The first kappa shape index (κ1) is 27.4. The minimum atomic E-state index is -0.735. The van der Waals surface area contributed by atoms with Crippen molar-refractivity contribution in [2.45, 2.75) is 105 Å². The molecule has 34 heavy (non-hydrogen) atoms. The van der Waals surface area contributed by atoms with E-state index in [4.69, 9.17) is 28.8 Å². The molecule has 4 aliphatic rings. The van der Waals surface area contributed by atoms with Crippen LogP contribution in [0, 0.1) is 21.7 Å². The first-order chi connectivity index (χ1) is 15.6. The van der Waals surface area contributed by atoms with E-state index >= 15 is 0 Å². The average molecular weight is 485 g/mol. The molecule has 8 nitrogen and oxygen atoms in total. The van der Waals surface area contributed by atoms with Crippen molar-refractivity contribution in [1.29, 1.82) is 0 Å². The van der Waals surface area contributed by atoms with Gasteiger partial charge in [0.05, 0.1) is 49.0 Å². The summed E-state index contributed by atoms with van der Waals surface area (Å²) >= 11 is 0. The van der Waals surface area contributed by atoms with Crippen LogP contribution in [0.4, 0.5) is 0 Å². The maximum absolute atomic E-state index is 12.6. The molecular formula is C26H44O8. The van der Waals surface area contributed by atoms with Crippen LogP contribution in [0.3, 0.4) is 0 Å². The number of ether oxygens (including phenoxy) is 5. The molecule has 4 saturated heterocycles. The summed E-state index contributed by atoms with van der Waals surface area (Å²) in [6, 6.07) is 0. The molecule has 4 rings (SSSR count). The third kappa shape index (κ3) is 6.71. The summed E-state index contributed by atoms with van der Waals surface area (Å²) in [5.74, 6) is -0.901. The predicted octanol–water partition coefficient (Wildman–Crippen LogP) is 3.84. The maximum atomic E-state index is 12.6. The van der Waals surface area contributed by atoms with Gasteiger partial charge in [-0.3, -0.25) is 9.59 Å². The smallest absolute Gasteiger partial charge is 0.311 e. The second-order valence-corrected chi connectivity index (χ2v) is 13.0. The first-order valence-corrected chi connectivity index (χ1v) is 12.5. The number of fused-ring (bicyclic) bond motifs is 1. The molecule has 0 aromatic heterocycles. The molecule has 1 N–H and O–H groups in total. The zero-order chi connectivity index (χ0) is 25.5. The number of hydrogen-bond acceptors (Lipinski definition) is 7.